The van der Waals surface area contributed by atoms with E-state index in [4.69, 9.17) is 4.74 Å². The summed E-state index contributed by atoms with van der Waals surface area (Å²) < 4.78 is 34.1. The Morgan fingerprint density at radius 3 is 2.59 bits per heavy atom. The molecule has 7 heteroatoms. The van der Waals surface area contributed by atoms with Gasteiger partial charge in [0.25, 0.3) is 15.9 Å². The third-order valence-electron chi connectivity index (χ3n) is 5.91. The van der Waals surface area contributed by atoms with Crippen molar-refractivity contribution in [3.63, 3.8) is 0 Å². The van der Waals surface area contributed by atoms with Gasteiger partial charge in [0, 0.05) is 17.8 Å². The van der Waals surface area contributed by atoms with Crippen LogP contribution in [0.4, 0.5) is 11.4 Å². The van der Waals surface area contributed by atoms with Gasteiger partial charge in [0.1, 0.15) is 10.6 Å². The molecule has 166 valence electrons. The molecule has 1 aliphatic rings. The molecule has 1 heterocycles. The highest BCUT2D eigenvalue weighted by molar-refractivity contribution is 7.93. The van der Waals surface area contributed by atoms with Gasteiger partial charge in [-0.15, -0.1) is 0 Å². The average Bonchev–Trinajstić information content (AvgIpc) is 2.81. The number of fused-ring (bicyclic) bond motifs is 1. The van der Waals surface area contributed by atoms with Crippen molar-refractivity contribution in [2.24, 2.45) is 0 Å². The highest BCUT2D eigenvalue weighted by Gasteiger charge is 2.32. The van der Waals surface area contributed by atoms with Crippen LogP contribution >= 0.6 is 0 Å². The molecule has 0 aromatic heterocycles. The zero-order chi connectivity index (χ0) is 22.9. The minimum Gasteiger partial charge on any atom is -0.495 e. The first-order valence-electron chi connectivity index (χ1n) is 10.5. The molecule has 32 heavy (non-hydrogen) atoms. The fourth-order valence-corrected chi connectivity index (χ4v) is 5.69. The predicted octanol–water partition coefficient (Wildman–Crippen LogP) is 4.71. The molecule has 0 saturated carbocycles. The lowest BCUT2D eigenvalue weighted by Crippen LogP contribution is -2.35. The van der Waals surface area contributed by atoms with Crippen molar-refractivity contribution in [1.29, 1.82) is 0 Å². The quantitative estimate of drug-likeness (QED) is 0.611. The Balaban J connectivity index is 1.73. The van der Waals surface area contributed by atoms with E-state index in [1.54, 1.807) is 6.07 Å². The van der Waals surface area contributed by atoms with Gasteiger partial charge < -0.3 is 10.1 Å². The van der Waals surface area contributed by atoms with E-state index in [2.05, 4.69) is 5.32 Å². The van der Waals surface area contributed by atoms with Crippen LogP contribution in [-0.4, -0.2) is 28.0 Å². The van der Waals surface area contributed by atoms with Gasteiger partial charge in [-0.2, -0.15) is 0 Å². The molecule has 0 saturated heterocycles. The minimum absolute atomic E-state index is 0.0229. The van der Waals surface area contributed by atoms with Gasteiger partial charge in [-0.05, 0) is 73.7 Å². The third kappa shape index (κ3) is 3.96. The number of benzene rings is 3. The fourth-order valence-electron chi connectivity index (χ4n) is 3.97. The predicted molar refractivity (Wildman–Crippen MR) is 126 cm³/mol. The number of aryl methyl sites for hydroxylation is 2. The molecule has 0 unspecified atom stereocenters. The van der Waals surface area contributed by atoms with Crippen molar-refractivity contribution >= 4 is 27.3 Å². The summed E-state index contributed by atoms with van der Waals surface area (Å²) in [7, 11) is -2.51. The summed E-state index contributed by atoms with van der Waals surface area (Å²) in [5, 5.41) is 2.89. The number of carbonyl (C=O) groups excluding carboxylic acids is 1. The monoisotopic (exact) mass is 450 g/mol. The average molecular weight is 451 g/mol. The van der Waals surface area contributed by atoms with Crippen molar-refractivity contribution in [1.82, 2.24) is 0 Å². The summed E-state index contributed by atoms with van der Waals surface area (Å²) in [6.07, 6.45) is 1.56. The number of para-hydroxylation sites is 1. The van der Waals surface area contributed by atoms with Crippen LogP contribution in [0.5, 0.6) is 5.75 Å². The normalized spacial score (nSPS) is 13.4. The molecule has 1 N–H and O–H groups in total. The van der Waals surface area contributed by atoms with Crippen molar-refractivity contribution in [2.75, 3.05) is 23.3 Å². The molecule has 1 amide bonds. The molecular formula is C25H26N2O4S. The van der Waals surface area contributed by atoms with Crippen LogP contribution in [0.3, 0.4) is 0 Å². The number of amides is 1. The number of carbonyl (C=O) groups is 1. The van der Waals surface area contributed by atoms with E-state index in [1.165, 1.54) is 23.5 Å². The van der Waals surface area contributed by atoms with Crippen LogP contribution in [0, 0.1) is 13.8 Å². The fraction of sp³-hybridized carbons (Fsp3) is 0.240. The number of ether oxygens (including phenoxy) is 1. The number of nitrogens with one attached hydrogen (secondary N) is 1. The molecule has 6 nitrogen and oxygen atoms in total. The maximum Gasteiger partial charge on any atom is 0.268 e. The number of hydrogen-bond donors (Lipinski definition) is 1. The molecule has 3 aromatic carbocycles. The molecule has 0 radical (unpaired) electrons. The summed E-state index contributed by atoms with van der Waals surface area (Å²) in [5.41, 5.74) is 4.63. The van der Waals surface area contributed by atoms with Crippen LogP contribution in [-0.2, 0) is 16.4 Å². The number of rotatable bonds is 5. The smallest absolute Gasteiger partial charge is 0.268 e. The number of nitrogens with zero attached hydrogens (tertiary/aromatic N) is 1. The van der Waals surface area contributed by atoms with Crippen molar-refractivity contribution in [2.45, 2.75) is 31.6 Å². The topological polar surface area (TPSA) is 75.7 Å². The summed E-state index contributed by atoms with van der Waals surface area (Å²) in [5.74, 6) is -0.173. The molecule has 0 atom stereocenters. The van der Waals surface area contributed by atoms with E-state index < -0.39 is 10.0 Å². The molecule has 0 bridgehead atoms. The van der Waals surface area contributed by atoms with Crippen molar-refractivity contribution in [3.8, 4) is 5.75 Å². The Hall–Kier alpha value is -3.32. The largest absolute Gasteiger partial charge is 0.495 e. The van der Waals surface area contributed by atoms with Gasteiger partial charge in [-0.3, -0.25) is 9.10 Å². The van der Waals surface area contributed by atoms with Crippen LogP contribution in [0.15, 0.2) is 65.6 Å². The number of methoxy groups -OCH3 is 1. The summed E-state index contributed by atoms with van der Waals surface area (Å²) in [4.78, 5) is 12.9. The van der Waals surface area contributed by atoms with Gasteiger partial charge >= 0.3 is 0 Å². The Bertz CT molecular complexity index is 1280. The first-order chi connectivity index (χ1) is 15.3. The molecule has 0 aliphatic carbocycles. The number of hydrogen-bond acceptors (Lipinski definition) is 4. The molecular weight excluding hydrogens is 424 g/mol. The van der Waals surface area contributed by atoms with Crippen LogP contribution < -0.4 is 14.4 Å². The number of anilines is 2. The maximum absolute atomic E-state index is 13.7. The molecule has 0 fully saturated rings. The Labute approximate surface area is 188 Å². The van der Waals surface area contributed by atoms with Gasteiger partial charge in [-0.25, -0.2) is 8.42 Å². The van der Waals surface area contributed by atoms with E-state index in [0.29, 0.717) is 17.9 Å². The van der Waals surface area contributed by atoms with E-state index in [-0.39, 0.29) is 22.1 Å². The summed E-state index contributed by atoms with van der Waals surface area (Å²) in [6.45, 7) is 4.28. The summed E-state index contributed by atoms with van der Waals surface area (Å²) >= 11 is 0. The van der Waals surface area contributed by atoms with Gasteiger partial charge in [0.2, 0.25) is 0 Å². The van der Waals surface area contributed by atoms with E-state index in [1.807, 2.05) is 56.3 Å². The zero-order valence-corrected chi connectivity index (χ0v) is 19.2. The first kappa shape index (κ1) is 21.9. The Morgan fingerprint density at radius 2 is 1.81 bits per heavy atom. The highest BCUT2D eigenvalue weighted by Crippen LogP contribution is 2.35. The standard InChI is InChI=1S/C25H26N2O4S/c1-17-8-6-11-21(18(17)2)26-25(28)20-13-14-23(31-3)24(16-20)32(29,30)27-15-7-10-19-9-4-5-12-22(19)27/h4-6,8-9,11-14,16H,7,10,15H2,1-3H3,(H,26,28). The zero-order valence-electron chi connectivity index (χ0n) is 18.4. The molecule has 0 spiro atoms. The van der Waals surface area contributed by atoms with Gasteiger partial charge in [-0.1, -0.05) is 30.3 Å². The SMILES string of the molecule is COc1ccc(C(=O)Nc2cccc(C)c2C)cc1S(=O)(=O)N1CCCc2ccccc21. The third-order valence-corrected chi connectivity index (χ3v) is 7.75. The summed E-state index contributed by atoms with van der Waals surface area (Å²) in [6, 6.07) is 17.7. The van der Waals surface area contributed by atoms with Gasteiger partial charge in [0.15, 0.2) is 0 Å². The second kappa shape index (κ2) is 8.67. The maximum atomic E-state index is 13.7. The molecule has 1 aliphatic heterocycles. The van der Waals surface area contributed by atoms with E-state index in [9.17, 15) is 13.2 Å². The number of sulfonamides is 1. The van der Waals surface area contributed by atoms with E-state index in [0.717, 1.165) is 29.5 Å². The second-order valence-electron chi connectivity index (χ2n) is 7.88. The van der Waals surface area contributed by atoms with Crippen LogP contribution in [0.2, 0.25) is 0 Å². The Kier molecular flexibility index (Phi) is 5.93. The minimum atomic E-state index is -3.93. The molecule has 3 aromatic rings. The van der Waals surface area contributed by atoms with Gasteiger partial charge in [0.05, 0.1) is 12.8 Å². The first-order valence-corrected chi connectivity index (χ1v) is 11.9. The van der Waals surface area contributed by atoms with Crippen LogP contribution in [0.1, 0.15) is 33.5 Å². The lowest BCUT2D eigenvalue weighted by atomic mass is 10.0. The van der Waals surface area contributed by atoms with Crippen LogP contribution in [0.25, 0.3) is 0 Å². The lowest BCUT2D eigenvalue weighted by molar-refractivity contribution is 0.102. The van der Waals surface area contributed by atoms with Crippen molar-refractivity contribution in [3.05, 3.63) is 82.9 Å². The van der Waals surface area contributed by atoms with E-state index >= 15 is 0 Å². The highest BCUT2D eigenvalue weighted by atomic mass is 32.2. The van der Waals surface area contributed by atoms with Crippen molar-refractivity contribution < 1.29 is 17.9 Å². The second-order valence-corrected chi connectivity index (χ2v) is 9.71. The Morgan fingerprint density at radius 1 is 1.03 bits per heavy atom. The lowest BCUT2D eigenvalue weighted by Gasteiger charge is -2.31. The molecule has 4 rings (SSSR count).